The van der Waals surface area contributed by atoms with E-state index in [1.54, 1.807) is 6.08 Å². The zero-order chi connectivity index (χ0) is 14.3. The minimum absolute atomic E-state index is 0.101. The lowest BCUT2D eigenvalue weighted by Crippen LogP contribution is -2.12. The molecule has 0 radical (unpaired) electrons. The average Bonchev–Trinajstić information content (AvgIpc) is 2.48. The van der Waals surface area contributed by atoms with E-state index in [2.05, 4.69) is 4.74 Å². The number of carbonyl (C=O) groups excluding carboxylic acids is 1. The van der Waals surface area contributed by atoms with E-state index >= 15 is 0 Å². The highest BCUT2D eigenvalue weighted by atomic mass is 16.5. The largest absolute Gasteiger partial charge is 0.464 e. The fraction of sp³-hybridized carbons (Fsp3) is 0.188. The number of rotatable bonds is 2. The van der Waals surface area contributed by atoms with E-state index in [1.807, 2.05) is 56.3 Å². The Bertz CT molecular complexity index is 583. The summed E-state index contributed by atoms with van der Waals surface area (Å²) in [5, 5.41) is 2.17. The monoisotopic (exact) mass is 257 g/mol. The molecular weight excluding hydrogens is 238 g/mol. The smallest absolute Gasteiger partial charge is 0.353 e. The zero-order valence-electron chi connectivity index (χ0n) is 11.5. The van der Waals surface area contributed by atoms with Crippen LogP contribution in [0.3, 0.4) is 0 Å². The molecule has 0 atom stereocenters. The van der Waals surface area contributed by atoms with E-state index < -0.39 is 5.97 Å². The Labute approximate surface area is 113 Å². The second kappa shape index (κ2) is 7.21. The molecule has 19 heavy (non-hydrogen) atoms. The van der Waals surface area contributed by atoms with Gasteiger partial charge in [-0.2, -0.15) is 0 Å². The van der Waals surface area contributed by atoms with Gasteiger partial charge in [0.05, 0.1) is 7.11 Å². The van der Waals surface area contributed by atoms with Gasteiger partial charge >= 0.3 is 5.97 Å². The van der Waals surface area contributed by atoms with Crippen molar-refractivity contribution in [3.05, 3.63) is 53.7 Å². The molecule has 2 aromatic carbocycles. The van der Waals surface area contributed by atoms with Gasteiger partial charge in [0.25, 0.3) is 0 Å². The number of methoxy groups -OCH3 is 1. The number of fused-ring (bicyclic) bond motifs is 1. The third-order valence-electron chi connectivity index (χ3n) is 2.56. The van der Waals surface area contributed by atoms with Crippen LogP contribution < -0.4 is 5.73 Å². The molecule has 0 fully saturated rings. The summed E-state index contributed by atoms with van der Waals surface area (Å²) in [6.07, 6.45) is 1.63. The predicted octanol–water partition coefficient (Wildman–Crippen LogP) is 3.34. The van der Waals surface area contributed by atoms with E-state index in [9.17, 15) is 4.79 Å². The van der Waals surface area contributed by atoms with E-state index in [4.69, 9.17) is 5.73 Å². The van der Waals surface area contributed by atoms with E-state index in [0.29, 0.717) is 0 Å². The van der Waals surface area contributed by atoms with Crippen molar-refractivity contribution in [2.45, 2.75) is 13.8 Å². The van der Waals surface area contributed by atoms with Crippen LogP contribution in [0.2, 0.25) is 0 Å². The number of carbonyl (C=O) groups is 1. The maximum absolute atomic E-state index is 11.2. The Kier molecular flexibility index (Phi) is 5.61. The first kappa shape index (κ1) is 14.8. The summed E-state index contributed by atoms with van der Waals surface area (Å²) < 4.78 is 4.56. The highest BCUT2D eigenvalue weighted by Gasteiger charge is 2.05. The second-order valence-electron chi connectivity index (χ2n) is 3.66. The lowest BCUT2D eigenvalue weighted by atomic mass is 10.0. The van der Waals surface area contributed by atoms with Crippen molar-refractivity contribution in [3.63, 3.8) is 0 Å². The van der Waals surface area contributed by atoms with Crippen molar-refractivity contribution < 1.29 is 9.53 Å². The molecule has 0 spiro atoms. The summed E-state index contributed by atoms with van der Waals surface area (Å²) >= 11 is 0. The minimum atomic E-state index is -0.516. The summed E-state index contributed by atoms with van der Waals surface area (Å²) in [4.78, 5) is 11.2. The summed E-state index contributed by atoms with van der Waals surface area (Å²) in [6.45, 7) is 4.00. The molecule has 0 amide bonds. The second-order valence-corrected chi connectivity index (χ2v) is 3.66. The molecule has 0 heterocycles. The molecule has 0 aliphatic carbocycles. The van der Waals surface area contributed by atoms with Crippen molar-refractivity contribution in [1.29, 1.82) is 0 Å². The molecule has 2 aromatic rings. The molecule has 3 nitrogen and oxygen atoms in total. The molecule has 0 aliphatic heterocycles. The van der Waals surface area contributed by atoms with Gasteiger partial charge in [0.1, 0.15) is 5.70 Å². The fourth-order valence-electron chi connectivity index (χ4n) is 1.72. The molecule has 100 valence electrons. The van der Waals surface area contributed by atoms with Gasteiger partial charge in [-0.1, -0.05) is 56.3 Å². The van der Waals surface area contributed by atoms with Crippen LogP contribution in [0.4, 0.5) is 0 Å². The predicted molar refractivity (Wildman–Crippen MR) is 79.5 cm³/mol. The normalized spacial score (nSPS) is 10.6. The third-order valence-corrected chi connectivity index (χ3v) is 2.56. The lowest BCUT2D eigenvalue weighted by molar-refractivity contribution is -0.136. The molecular formula is C16H19NO2. The molecule has 0 saturated carbocycles. The maximum Gasteiger partial charge on any atom is 0.353 e. The van der Waals surface area contributed by atoms with Crippen LogP contribution in [0.5, 0.6) is 0 Å². The summed E-state index contributed by atoms with van der Waals surface area (Å²) in [5.41, 5.74) is 6.65. The first-order chi connectivity index (χ1) is 9.22. The Morgan fingerprint density at radius 2 is 1.74 bits per heavy atom. The lowest BCUT2D eigenvalue weighted by Gasteiger charge is -2.03. The first-order valence-electron chi connectivity index (χ1n) is 6.25. The fourth-order valence-corrected chi connectivity index (χ4v) is 1.72. The van der Waals surface area contributed by atoms with Gasteiger partial charge in [0.15, 0.2) is 0 Å². The Morgan fingerprint density at radius 1 is 1.11 bits per heavy atom. The summed E-state index contributed by atoms with van der Waals surface area (Å²) in [7, 11) is 1.31. The number of esters is 1. The number of hydrogen-bond donors (Lipinski definition) is 1. The Morgan fingerprint density at radius 3 is 2.42 bits per heavy atom. The Hall–Kier alpha value is -2.29. The van der Waals surface area contributed by atoms with Crippen LogP contribution in [-0.4, -0.2) is 13.1 Å². The van der Waals surface area contributed by atoms with Gasteiger partial charge in [0, 0.05) is 0 Å². The molecule has 3 heteroatoms. The quantitative estimate of drug-likeness (QED) is 0.663. The van der Waals surface area contributed by atoms with Crippen LogP contribution in [0.1, 0.15) is 19.4 Å². The number of benzene rings is 2. The van der Waals surface area contributed by atoms with E-state index in [0.717, 1.165) is 16.3 Å². The molecule has 0 aliphatic rings. The van der Waals surface area contributed by atoms with Crippen LogP contribution in [0, 0.1) is 0 Å². The van der Waals surface area contributed by atoms with Crippen LogP contribution in [0.15, 0.2) is 48.2 Å². The molecule has 0 bridgehead atoms. The van der Waals surface area contributed by atoms with Crippen molar-refractivity contribution >= 4 is 22.8 Å². The first-order valence-corrected chi connectivity index (χ1v) is 6.25. The number of hydrogen-bond acceptors (Lipinski definition) is 3. The van der Waals surface area contributed by atoms with Gasteiger partial charge in [-0.05, 0) is 22.4 Å². The van der Waals surface area contributed by atoms with Gasteiger partial charge in [-0.3, -0.25) is 0 Å². The molecule has 0 saturated heterocycles. The number of ether oxygens (including phenoxy) is 1. The highest BCUT2D eigenvalue weighted by Crippen LogP contribution is 2.20. The summed E-state index contributed by atoms with van der Waals surface area (Å²) in [6, 6.07) is 13.8. The van der Waals surface area contributed by atoms with Crippen LogP contribution >= 0.6 is 0 Å². The molecule has 0 aromatic heterocycles. The van der Waals surface area contributed by atoms with Gasteiger partial charge in [0.2, 0.25) is 0 Å². The molecule has 2 N–H and O–H groups in total. The van der Waals surface area contributed by atoms with Crippen molar-refractivity contribution in [2.75, 3.05) is 7.11 Å². The molecule has 0 unspecified atom stereocenters. The van der Waals surface area contributed by atoms with E-state index in [-0.39, 0.29) is 5.70 Å². The van der Waals surface area contributed by atoms with Crippen molar-refractivity contribution in [3.8, 4) is 0 Å². The average molecular weight is 257 g/mol. The third kappa shape index (κ3) is 3.58. The Balaban J connectivity index is 0.000000861. The standard InChI is InChI=1S/C14H13NO2.C2H6/c1-17-14(16)13(15)9-11-7-4-6-10-5-2-3-8-12(10)11;1-2/h2-9H,15H2,1H3;1-2H3/b13-9+;. The minimum Gasteiger partial charge on any atom is -0.464 e. The van der Waals surface area contributed by atoms with Gasteiger partial charge in [-0.15, -0.1) is 0 Å². The van der Waals surface area contributed by atoms with Crippen molar-refractivity contribution in [1.82, 2.24) is 0 Å². The maximum atomic E-state index is 11.2. The van der Waals surface area contributed by atoms with Crippen molar-refractivity contribution in [2.24, 2.45) is 5.73 Å². The van der Waals surface area contributed by atoms with Gasteiger partial charge in [-0.25, -0.2) is 4.79 Å². The van der Waals surface area contributed by atoms with Gasteiger partial charge < -0.3 is 10.5 Å². The topological polar surface area (TPSA) is 52.3 Å². The van der Waals surface area contributed by atoms with Crippen LogP contribution in [-0.2, 0) is 9.53 Å². The summed E-state index contributed by atoms with van der Waals surface area (Å²) in [5.74, 6) is -0.516. The SMILES string of the molecule is CC.COC(=O)/C(N)=C\c1cccc2ccccc12. The molecule has 2 rings (SSSR count). The van der Waals surface area contributed by atoms with E-state index in [1.165, 1.54) is 7.11 Å². The highest BCUT2D eigenvalue weighted by molar-refractivity contribution is 5.97. The number of nitrogens with two attached hydrogens (primary N) is 1. The van der Waals surface area contributed by atoms with Crippen LogP contribution in [0.25, 0.3) is 16.8 Å². The zero-order valence-corrected chi connectivity index (χ0v) is 11.5.